The highest BCUT2D eigenvalue weighted by molar-refractivity contribution is 7.47. The van der Waals surface area contributed by atoms with Crippen LogP contribution in [0.15, 0.2) is 0 Å². The maximum Gasteiger partial charge on any atom is 0.472 e. The number of rotatable bonds is 92. The van der Waals surface area contributed by atoms with Gasteiger partial charge in [0, 0.05) is 25.7 Å². The second kappa shape index (κ2) is 84.5. The molecule has 0 aliphatic rings. The van der Waals surface area contributed by atoms with Crippen LogP contribution in [0.5, 0.6) is 0 Å². The first-order valence-electron chi connectivity index (χ1n) is 47.6. The van der Waals surface area contributed by atoms with Gasteiger partial charge in [0.15, 0.2) is 12.2 Å². The molecule has 0 amide bonds. The third kappa shape index (κ3) is 85.8. The zero-order chi connectivity index (χ0) is 81.1. The average molecular weight is 1620 g/mol. The van der Waals surface area contributed by atoms with Crippen molar-refractivity contribution in [1.82, 2.24) is 0 Å². The van der Waals surface area contributed by atoms with Crippen LogP contribution in [-0.4, -0.2) is 96.7 Å². The second-order valence-corrected chi connectivity index (χ2v) is 36.4. The summed E-state index contributed by atoms with van der Waals surface area (Å²) < 4.78 is 69.1. The molecule has 0 aliphatic carbocycles. The molecule has 0 fully saturated rings. The number of hydrogen-bond acceptors (Lipinski definition) is 15. The predicted octanol–water partition coefficient (Wildman–Crippen LogP) is 28.7. The molecule has 5 atom stereocenters. The summed E-state index contributed by atoms with van der Waals surface area (Å²) in [5.41, 5.74) is 0. The maximum atomic E-state index is 13.2. The van der Waals surface area contributed by atoms with Gasteiger partial charge in [0.2, 0.25) is 0 Å². The van der Waals surface area contributed by atoms with Gasteiger partial charge in [-0.05, 0) is 31.6 Å². The normalized spacial score (nSPS) is 13.7. The van der Waals surface area contributed by atoms with E-state index in [1.54, 1.807) is 0 Å². The van der Waals surface area contributed by atoms with E-state index in [1.807, 2.05) is 0 Å². The van der Waals surface area contributed by atoms with Gasteiger partial charge in [-0.1, -0.05) is 452 Å². The van der Waals surface area contributed by atoms with Crippen LogP contribution in [0.1, 0.15) is 503 Å². The third-order valence-corrected chi connectivity index (χ3v) is 23.7. The fourth-order valence-corrected chi connectivity index (χ4v) is 16.1. The minimum absolute atomic E-state index is 0.108. The van der Waals surface area contributed by atoms with Gasteiger partial charge in [0.25, 0.3) is 0 Å². The Morgan fingerprint density at radius 3 is 0.613 bits per heavy atom. The Morgan fingerprint density at radius 2 is 0.414 bits per heavy atom. The lowest BCUT2D eigenvalue weighted by molar-refractivity contribution is -0.161. The number of phosphoric acid groups is 2. The van der Waals surface area contributed by atoms with Gasteiger partial charge < -0.3 is 33.8 Å². The van der Waals surface area contributed by atoms with Crippen LogP contribution in [0, 0.1) is 5.92 Å². The predicted molar refractivity (Wildman–Crippen MR) is 460 cm³/mol. The first-order chi connectivity index (χ1) is 54.0. The molecule has 0 aliphatic heterocycles. The molecule has 660 valence electrons. The minimum atomic E-state index is -4.97. The summed E-state index contributed by atoms with van der Waals surface area (Å²) in [7, 11) is -9.94. The summed E-state index contributed by atoms with van der Waals surface area (Å²) >= 11 is 0. The molecule has 0 bridgehead atoms. The van der Waals surface area contributed by atoms with Crippen molar-refractivity contribution in [2.75, 3.05) is 39.6 Å². The van der Waals surface area contributed by atoms with E-state index in [9.17, 15) is 43.2 Å². The van der Waals surface area contributed by atoms with Crippen molar-refractivity contribution in [3.05, 3.63) is 0 Å². The zero-order valence-electron chi connectivity index (χ0n) is 73.1. The summed E-state index contributed by atoms with van der Waals surface area (Å²) in [6.07, 6.45) is 80.8. The van der Waals surface area contributed by atoms with Crippen LogP contribution in [0.2, 0.25) is 0 Å². The SMILES string of the molecule is CCCCCCCCCCCCCCCCCCCCCCCCC(=O)OC[C@H](COP(=O)(O)OC[C@@H](O)COP(=O)(O)OC[C@@H](COC(=O)CCCCCCCCCCCC(C)C)OC(=O)CCCCCCCCCCCCCCCCC)OC(=O)CCCCCCCCCCCCCCCCCCCCCCCC. The van der Waals surface area contributed by atoms with Gasteiger partial charge >= 0.3 is 39.5 Å². The maximum absolute atomic E-state index is 13.2. The van der Waals surface area contributed by atoms with E-state index >= 15 is 0 Å². The monoisotopic (exact) mass is 1620 g/mol. The second-order valence-electron chi connectivity index (χ2n) is 33.5. The van der Waals surface area contributed by atoms with Gasteiger partial charge in [0.05, 0.1) is 26.4 Å². The smallest absolute Gasteiger partial charge is 0.462 e. The van der Waals surface area contributed by atoms with Crippen molar-refractivity contribution >= 4 is 39.5 Å². The molecule has 3 N–H and O–H groups in total. The summed E-state index contributed by atoms with van der Waals surface area (Å²) in [4.78, 5) is 73.4. The lowest BCUT2D eigenvalue weighted by atomic mass is 10.0. The lowest BCUT2D eigenvalue weighted by Crippen LogP contribution is -2.30. The molecular formula is C92H180O17P2. The average Bonchev–Trinajstić information content (AvgIpc) is 0.900. The van der Waals surface area contributed by atoms with E-state index < -0.39 is 97.5 Å². The van der Waals surface area contributed by atoms with Crippen LogP contribution < -0.4 is 0 Å². The molecule has 0 heterocycles. The lowest BCUT2D eigenvalue weighted by Gasteiger charge is -2.21. The molecule has 0 aromatic carbocycles. The minimum Gasteiger partial charge on any atom is -0.462 e. The van der Waals surface area contributed by atoms with Crippen LogP contribution >= 0.6 is 15.6 Å². The van der Waals surface area contributed by atoms with Crippen molar-refractivity contribution in [2.45, 2.75) is 522 Å². The number of phosphoric ester groups is 2. The molecule has 0 aromatic rings. The Labute approximate surface area is 683 Å². The van der Waals surface area contributed by atoms with Crippen LogP contribution in [0.25, 0.3) is 0 Å². The van der Waals surface area contributed by atoms with Crippen LogP contribution in [0.4, 0.5) is 0 Å². The molecule has 0 radical (unpaired) electrons. The number of ether oxygens (including phenoxy) is 4. The van der Waals surface area contributed by atoms with Crippen molar-refractivity contribution in [2.24, 2.45) is 5.92 Å². The van der Waals surface area contributed by atoms with Crippen molar-refractivity contribution in [3.8, 4) is 0 Å². The van der Waals surface area contributed by atoms with E-state index in [2.05, 4.69) is 34.6 Å². The zero-order valence-corrected chi connectivity index (χ0v) is 74.9. The first kappa shape index (κ1) is 109. The van der Waals surface area contributed by atoms with Gasteiger partial charge in [-0.2, -0.15) is 0 Å². The Hall–Kier alpha value is -1.94. The van der Waals surface area contributed by atoms with E-state index in [0.717, 1.165) is 95.8 Å². The number of aliphatic hydroxyl groups is 1. The van der Waals surface area contributed by atoms with Crippen molar-refractivity contribution in [3.63, 3.8) is 0 Å². The first-order valence-corrected chi connectivity index (χ1v) is 50.6. The van der Waals surface area contributed by atoms with Crippen molar-refractivity contribution < 1.29 is 80.2 Å². The quantitative estimate of drug-likeness (QED) is 0.0222. The molecular weight excluding hydrogens is 1440 g/mol. The Balaban J connectivity index is 5.22. The number of unbranched alkanes of at least 4 members (excludes halogenated alkanes) is 64. The fraction of sp³-hybridized carbons (Fsp3) is 0.957. The highest BCUT2D eigenvalue weighted by Crippen LogP contribution is 2.45. The summed E-state index contributed by atoms with van der Waals surface area (Å²) in [5, 5.41) is 10.7. The fourth-order valence-electron chi connectivity index (χ4n) is 14.5. The van der Waals surface area contributed by atoms with E-state index in [4.69, 9.17) is 37.0 Å². The van der Waals surface area contributed by atoms with Gasteiger partial charge in [-0.3, -0.25) is 37.3 Å². The Kier molecular flexibility index (Phi) is 83.0. The van der Waals surface area contributed by atoms with Crippen LogP contribution in [0.3, 0.4) is 0 Å². The highest BCUT2D eigenvalue weighted by atomic mass is 31.2. The van der Waals surface area contributed by atoms with Crippen molar-refractivity contribution in [1.29, 1.82) is 0 Å². The summed E-state index contributed by atoms with van der Waals surface area (Å²) in [6, 6.07) is 0. The van der Waals surface area contributed by atoms with Crippen LogP contribution in [-0.2, 0) is 65.4 Å². The Bertz CT molecular complexity index is 2100. The molecule has 2 unspecified atom stereocenters. The van der Waals surface area contributed by atoms with Gasteiger partial charge in [-0.15, -0.1) is 0 Å². The van der Waals surface area contributed by atoms with Gasteiger partial charge in [-0.25, -0.2) is 9.13 Å². The number of hydrogen-bond donors (Lipinski definition) is 3. The Morgan fingerprint density at radius 1 is 0.243 bits per heavy atom. The number of carbonyl (C=O) groups is 4. The standard InChI is InChI=1S/C92H180O17P2/c1-6-9-12-15-18-21-24-27-30-32-34-36-38-40-42-45-47-50-55-60-65-70-75-89(94)102-81-87(108-92(97)78-73-68-63-57-52-49-46-43-41-39-37-35-33-31-28-25-22-19-16-13-10-7-2)83-106-110(98,99)104-79-86(93)80-105-111(100,101)107-84-88(82-103-90(95)76-71-66-61-58-53-54-59-64-69-74-85(4)5)109-91(96)77-72-67-62-56-51-48-44-29-26-23-20-17-14-11-8-3/h85-88,93H,6-84H2,1-5H3,(H,98,99)(H,100,101)/t86-,87-,88-/m1/s1. The molecule has 19 heteroatoms. The molecule has 111 heavy (non-hydrogen) atoms. The largest absolute Gasteiger partial charge is 0.472 e. The number of esters is 4. The highest BCUT2D eigenvalue weighted by Gasteiger charge is 2.31. The van der Waals surface area contributed by atoms with E-state index in [-0.39, 0.29) is 25.7 Å². The summed E-state index contributed by atoms with van der Waals surface area (Å²) in [6.45, 7) is 7.38. The number of carbonyl (C=O) groups excluding carboxylic acids is 4. The third-order valence-electron chi connectivity index (χ3n) is 21.8. The molecule has 0 rings (SSSR count). The molecule has 0 saturated carbocycles. The van der Waals surface area contributed by atoms with E-state index in [1.165, 1.54) is 327 Å². The molecule has 0 saturated heterocycles. The van der Waals surface area contributed by atoms with E-state index in [0.29, 0.717) is 25.7 Å². The molecule has 0 spiro atoms. The van der Waals surface area contributed by atoms with Gasteiger partial charge in [0.1, 0.15) is 19.3 Å². The molecule has 17 nitrogen and oxygen atoms in total. The molecule has 0 aromatic heterocycles. The number of aliphatic hydroxyl groups excluding tert-OH is 1. The topological polar surface area (TPSA) is 237 Å². The summed E-state index contributed by atoms with van der Waals surface area (Å²) in [5.74, 6) is -1.35.